The Bertz CT molecular complexity index is 796. The molecule has 0 amide bonds. The summed E-state index contributed by atoms with van der Waals surface area (Å²) in [7, 11) is 0. The zero-order valence-electron chi connectivity index (χ0n) is 39.0. The van der Waals surface area contributed by atoms with Crippen LogP contribution in [0.4, 0.5) is 0 Å². The van der Waals surface area contributed by atoms with Gasteiger partial charge in [0.25, 0.3) is 0 Å². The molecule has 0 heteroatoms. The minimum Gasteiger partial charge on any atom is -0.0654 e. The zero-order valence-corrected chi connectivity index (χ0v) is 39.0. The smallest absolute Gasteiger partial charge is 0.0279 e. The first-order valence-electron chi connectivity index (χ1n) is 27.0. The fraction of sp³-hybridized carbons (Fsp3) is 0.893. The highest BCUT2D eigenvalue weighted by molar-refractivity contribution is 5.14. The summed E-state index contributed by atoms with van der Waals surface area (Å²) in [4.78, 5) is 0. The van der Waals surface area contributed by atoms with Crippen molar-refractivity contribution in [2.24, 2.45) is 0 Å². The summed E-state index contributed by atoms with van der Waals surface area (Å²) in [5.74, 6) is 0. The van der Waals surface area contributed by atoms with Gasteiger partial charge in [0.1, 0.15) is 0 Å². The Kier molecular flexibility index (Phi) is 46.2. The first-order chi connectivity index (χ1) is 27.9. The van der Waals surface area contributed by atoms with Gasteiger partial charge in [-0.15, -0.1) is 0 Å². The number of hydrogen-bond donors (Lipinski definition) is 0. The molecule has 0 aliphatic rings. The van der Waals surface area contributed by atoms with E-state index in [0.717, 1.165) is 0 Å². The molecule has 0 heterocycles. The quantitative estimate of drug-likeness (QED) is 0.0578. The van der Waals surface area contributed by atoms with Gasteiger partial charge < -0.3 is 0 Å². The van der Waals surface area contributed by atoms with Crippen molar-refractivity contribution in [3.8, 4) is 0 Å². The van der Waals surface area contributed by atoms with Crippen LogP contribution in [0.1, 0.15) is 321 Å². The summed E-state index contributed by atoms with van der Waals surface area (Å²) in [6, 6.07) is 11.0. The van der Waals surface area contributed by atoms with Gasteiger partial charge in [0.15, 0.2) is 0 Å². The Labute approximate surface area is 356 Å². The summed E-state index contributed by atoms with van der Waals surface area (Å²) >= 11 is 0. The Hall–Kier alpha value is -0.780. The van der Waals surface area contributed by atoms with E-state index in [-0.39, 0.29) is 0 Å². The number of benzene rings is 1. The van der Waals surface area contributed by atoms with E-state index in [1.807, 2.05) is 0 Å². The summed E-state index contributed by atoms with van der Waals surface area (Å²) in [6.07, 6.45) is 72.3. The lowest BCUT2D eigenvalue weighted by molar-refractivity contribution is 0.508. The van der Waals surface area contributed by atoms with Crippen LogP contribution in [-0.2, 0) is 6.42 Å². The van der Waals surface area contributed by atoms with Crippen LogP contribution in [0, 0.1) is 0 Å². The van der Waals surface area contributed by atoms with Crippen LogP contribution in [0.3, 0.4) is 0 Å². The second-order valence-corrected chi connectivity index (χ2v) is 18.9. The highest BCUT2D eigenvalue weighted by Crippen LogP contribution is 2.19. The topological polar surface area (TPSA) is 0 Å². The fourth-order valence-corrected chi connectivity index (χ4v) is 9.18. The molecule has 0 saturated carbocycles. The molecule has 0 bridgehead atoms. The van der Waals surface area contributed by atoms with E-state index in [2.05, 4.69) is 37.3 Å². The lowest BCUT2D eigenvalue weighted by Gasteiger charge is -2.05. The first-order valence-corrected chi connectivity index (χ1v) is 27.0. The van der Waals surface area contributed by atoms with Gasteiger partial charge in [-0.3, -0.25) is 0 Å². The third-order valence-corrected chi connectivity index (χ3v) is 13.2. The van der Waals surface area contributed by atoms with Crippen molar-refractivity contribution in [2.75, 3.05) is 0 Å². The monoisotopic (exact) mass is 779 g/mol. The van der Waals surface area contributed by atoms with Crippen LogP contribution in [0.25, 0.3) is 0 Å². The third-order valence-electron chi connectivity index (χ3n) is 13.2. The molecule has 0 unspecified atom stereocenters. The van der Waals surface area contributed by atoms with Gasteiger partial charge >= 0.3 is 0 Å². The number of hydrogen-bond acceptors (Lipinski definition) is 0. The summed E-state index contributed by atoms with van der Waals surface area (Å²) in [5, 5.41) is 0. The molecule has 0 aliphatic heterocycles. The molecular weight excluding hydrogens is 673 g/mol. The average Bonchev–Trinajstić information content (AvgIpc) is 3.22. The molecule has 0 aliphatic carbocycles. The summed E-state index contributed by atoms with van der Waals surface area (Å²) in [5.41, 5.74) is 1.51. The molecule has 330 valence electrons. The van der Waals surface area contributed by atoms with Crippen molar-refractivity contribution in [3.05, 3.63) is 35.9 Å². The zero-order chi connectivity index (χ0) is 39.8. The van der Waals surface area contributed by atoms with Gasteiger partial charge in [-0.05, 0) is 18.4 Å². The van der Waals surface area contributed by atoms with Crippen molar-refractivity contribution in [1.82, 2.24) is 0 Å². The standard InChI is InChI=1S/C56H106/c1-2-3-4-5-6-7-8-9-10-11-12-13-14-15-16-17-18-19-20-21-22-23-24-25-26-27-28-29-30-31-32-33-34-35-36-37-38-39-40-41-42-43-44-45-46-47-48-50-53-56-54-51-49-52-55-56/h49,51-52,54-55H,2-48,50,53H2,1H3. The molecule has 0 saturated heterocycles. The van der Waals surface area contributed by atoms with E-state index >= 15 is 0 Å². The van der Waals surface area contributed by atoms with Crippen LogP contribution >= 0.6 is 0 Å². The van der Waals surface area contributed by atoms with E-state index in [9.17, 15) is 0 Å². The molecule has 1 aromatic carbocycles. The van der Waals surface area contributed by atoms with Crippen molar-refractivity contribution in [2.45, 2.75) is 322 Å². The SMILES string of the molecule is CCCCCCCCCCCCCCCCCCCCCCCCCCCCCCCCCCCCCCCCCCCCCCCCCCc1ccccc1. The maximum atomic E-state index is 2.31. The molecular formula is C56H106. The van der Waals surface area contributed by atoms with E-state index in [1.165, 1.54) is 320 Å². The Morgan fingerprint density at radius 1 is 0.196 bits per heavy atom. The molecule has 0 radical (unpaired) electrons. The Morgan fingerprint density at radius 3 is 0.536 bits per heavy atom. The van der Waals surface area contributed by atoms with Crippen molar-refractivity contribution < 1.29 is 0 Å². The van der Waals surface area contributed by atoms with Gasteiger partial charge in [-0.25, -0.2) is 0 Å². The van der Waals surface area contributed by atoms with E-state index in [0.29, 0.717) is 0 Å². The van der Waals surface area contributed by atoms with Crippen LogP contribution in [0.15, 0.2) is 30.3 Å². The first kappa shape index (κ1) is 53.2. The molecule has 1 rings (SSSR count). The molecule has 0 nitrogen and oxygen atoms in total. The predicted molar refractivity (Wildman–Crippen MR) is 257 cm³/mol. The molecule has 56 heavy (non-hydrogen) atoms. The highest BCUT2D eigenvalue weighted by Gasteiger charge is 1.99. The largest absolute Gasteiger partial charge is 0.0654 e. The van der Waals surface area contributed by atoms with E-state index < -0.39 is 0 Å². The number of rotatable bonds is 49. The van der Waals surface area contributed by atoms with Crippen LogP contribution in [-0.4, -0.2) is 0 Å². The van der Waals surface area contributed by atoms with Crippen LogP contribution < -0.4 is 0 Å². The second kappa shape index (κ2) is 48.6. The maximum absolute atomic E-state index is 2.31. The third kappa shape index (κ3) is 44.3. The molecule has 0 spiro atoms. The summed E-state index contributed by atoms with van der Waals surface area (Å²) in [6.45, 7) is 2.31. The molecule has 0 aromatic heterocycles. The molecule has 0 fully saturated rings. The maximum Gasteiger partial charge on any atom is -0.0279 e. The van der Waals surface area contributed by atoms with Crippen molar-refractivity contribution in [1.29, 1.82) is 0 Å². The lowest BCUT2D eigenvalue weighted by atomic mass is 10.0. The predicted octanol–water partition coefficient (Wildman–Crippen LogP) is 21.0. The van der Waals surface area contributed by atoms with E-state index in [4.69, 9.17) is 0 Å². The lowest BCUT2D eigenvalue weighted by Crippen LogP contribution is -1.86. The number of aryl methyl sites for hydroxylation is 1. The van der Waals surface area contributed by atoms with Crippen LogP contribution in [0.2, 0.25) is 0 Å². The fourth-order valence-electron chi connectivity index (χ4n) is 9.18. The van der Waals surface area contributed by atoms with Crippen molar-refractivity contribution >= 4 is 0 Å². The molecule has 0 N–H and O–H groups in total. The number of unbranched alkanes of at least 4 members (excludes halogenated alkanes) is 47. The normalized spacial score (nSPS) is 11.6. The molecule has 1 aromatic rings. The second-order valence-electron chi connectivity index (χ2n) is 18.9. The Morgan fingerprint density at radius 2 is 0.357 bits per heavy atom. The van der Waals surface area contributed by atoms with E-state index in [1.54, 1.807) is 0 Å². The minimum atomic E-state index is 1.26. The van der Waals surface area contributed by atoms with Gasteiger partial charge in [0, 0.05) is 0 Å². The summed E-state index contributed by atoms with van der Waals surface area (Å²) < 4.78 is 0. The van der Waals surface area contributed by atoms with Gasteiger partial charge in [-0.1, -0.05) is 339 Å². The average molecular weight is 779 g/mol. The highest BCUT2D eigenvalue weighted by atomic mass is 14.1. The van der Waals surface area contributed by atoms with Gasteiger partial charge in [-0.2, -0.15) is 0 Å². The molecule has 0 atom stereocenters. The van der Waals surface area contributed by atoms with Crippen LogP contribution in [0.5, 0.6) is 0 Å². The van der Waals surface area contributed by atoms with Gasteiger partial charge in [0.2, 0.25) is 0 Å². The Balaban J connectivity index is 1.59. The minimum absolute atomic E-state index is 1.26. The van der Waals surface area contributed by atoms with Gasteiger partial charge in [0.05, 0.1) is 0 Å². The van der Waals surface area contributed by atoms with Crippen molar-refractivity contribution in [3.63, 3.8) is 0 Å².